The number of ether oxygens (including phenoxy) is 2. The van der Waals surface area contributed by atoms with Crippen molar-refractivity contribution < 1.29 is 54.2 Å². The van der Waals surface area contributed by atoms with Gasteiger partial charge in [-0.15, -0.1) is 13.2 Å². The fourth-order valence-corrected chi connectivity index (χ4v) is 2.30. The van der Waals surface area contributed by atoms with Gasteiger partial charge in [-0.05, 0) is 24.3 Å². The summed E-state index contributed by atoms with van der Waals surface area (Å²) in [5.74, 6) is -4.87. The predicted molar refractivity (Wildman–Crippen MR) is 91.9 cm³/mol. The van der Waals surface area contributed by atoms with Gasteiger partial charge in [-0.25, -0.2) is 22.7 Å². The number of halogens is 9. The minimum atomic E-state index is -5.70. The first-order valence-corrected chi connectivity index (χ1v) is 8.39. The van der Waals surface area contributed by atoms with Gasteiger partial charge in [0, 0.05) is 6.07 Å². The second-order valence-electron chi connectivity index (χ2n) is 5.69. The van der Waals surface area contributed by atoms with Crippen LogP contribution in [0.4, 0.5) is 45.6 Å². The molecule has 2 rings (SSSR count). The van der Waals surface area contributed by atoms with Crippen molar-refractivity contribution in [3.63, 3.8) is 0 Å². The van der Waals surface area contributed by atoms with Gasteiger partial charge in [0.1, 0.15) is 22.9 Å². The summed E-state index contributed by atoms with van der Waals surface area (Å²) in [4.78, 5) is 23.7. The monoisotopic (exact) mass is 492 g/mol. The number of anilines is 1. The zero-order valence-corrected chi connectivity index (χ0v) is 15.8. The van der Waals surface area contributed by atoms with Crippen molar-refractivity contribution in [3.8, 4) is 5.75 Å². The number of benzene rings is 2. The van der Waals surface area contributed by atoms with Crippen molar-refractivity contribution >= 4 is 29.2 Å². The van der Waals surface area contributed by atoms with Crippen LogP contribution in [0.5, 0.6) is 5.75 Å². The third-order valence-electron chi connectivity index (χ3n) is 3.36. The molecule has 2 N–H and O–H groups in total. The van der Waals surface area contributed by atoms with Crippen molar-refractivity contribution in [2.45, 2.75) is 18.8 Å². The molecule has 0 bridgehead atoms. The fourth-order valence-electron chi connectivity index (χ4n) is 2.08. The van der Waals surface area contributed by atoms with E-state index in [1.807, 2.05) is 5.32 Å². The van der Waals surface area contributed by atoms with Crippen LogP contribution in [-0.4, -0.2) is 30.8 Å². The van der Waals surface area contributed by atoms with Gasteiger partial charge in [0.2, 0.25) is 0 Å². The number of rotatable bonds is 6. The Kier molecular flexibility index (Phi) is 7.51. The average Bonchev–Trinajstić information content (AvgIpc) is 2.62. The highest BCUT2D eigenvalue weighted by molar-refractivity contribution is 6.34. The topological polar surface area (TPSA) is 76.7 Å². The number of carbonyl (C=O) groups excluding carboxylic acids is 2. The second-order valence-corrected chi connectivity index (χ2v) is 6.10. The summed E-state index contributed by atoms with van der Waals surface area (Å²) >= 11 is 5.72. The lowest BCUT2D eigenvalue weighted by Gasteiger charge is -2.22. The standard InChI is InChI=1S/C17H9ClF8N2O4/c18-8-6-7(31-16(22,23)14(21)32-17(24,25)26)4-5-11(8)27-15(30)28-13(29)12-9(19)2-1-3-10(12)20/h1-6,14H,(H2,27,28,29,30). The quantitative estimate of drug-likeness (QED) is 0.531. The summed E-state index contributed by atoms with van der Waals surface area (Å²) in [5.41, 5.74) is -1.40. The van der Waals surface area contributed by atoms with Crippen molar-refractivity contribution in [2.24, 2.45) is 0 Å². The molecule has 0 saturated heterocycles. The van der Waals surface area contributed by atoms with Crippen molar-refractivity contribution in [2.75, 3.05) is 5.32 Å². The molecule has 2 aromatic carbocycles. The SMILES string of the molecule is O=C(NC(=O)c1c(F)cccc1F)Nc1ccc(OC(F)(F)C(F)OC(F)(F)F)cc1Cl. The molecule has 15 heteroatoms. The van der Waals surface area contributed by atoms with Crippen LogP contribution in [0.3, 0.4) is 0 Å². The van der Waals surface area contributed by atoms with Gasteiger partial charge in [-0.3, -0.25) is 10.1 Å². The first-order valence-electron chi connectivity index (χ1n) is 8.01. The molecule has 1 atom stereocenters. The van der Waals surface area contributed by atoms with Crippen LogP contribution in [0.15, 0.2) is 36.4 Å². The molecular formula is C17H9ClF8N2O4. The van der Waals surface area contributed by atoms with Gasteiger partial charge < -0.3 is 10.1 Å². The van der Waals surface area contributed by atoms with E-state index in [4.69, 9.17) is 11.6 Å². The van der Waals surface area contributed by atoms with Gasteiger partial charge in [0.25, 0.3) is 5.91 Å². The van der Waals surface area contributed by atoms with E-state index < -0.39 is 58.7 Å². The maximum absolute atomic E-state index is 13.5. The molecule has 32 heavy (non-hydrogen) atoms. The zero-order valence-electron chi connectivity index (χ0n) is 15.1. The van der Waals surface area contributed by atoms with Gasteiger partial charge in [-0.2, -0.15) is 8.78 Å². The van der Waals surface area contributed by atoms with Crippen LogP contribution in [0.25, 0.3) is 0 Å². The Labute approximate surface area is 178 Å². The molecule has 1 unspecified atom stereocenters. The van der Waals surface area contributed by atoms with Crippen LogP contribution in [0, 0.1) is 11.6 Å². The van der Waals surface area contributed by atoms with Gasteiger partial charge in [0.05, 0.1) is 10.7 Å². The molecular weight excluding hydrogens is 484 g/mol. The highest BCUT2D eigenvalue weighted by atomic mass is 35.5. The number of urea groups is 1. The Hall–Kier alpha value is -3.13. The summed E-state index contributed by atoms with van der Waals surface area (Å²) < 4.78 is 109. The fraction of sp³-hybridized carbons (Fsp3) is 0.176. The van der Waals surface area contributed by atoms with E-state index in [2.05, 4.69) is 9.47 Å². The summed E-state index contributed by atoms with van der Waals surface area (Å²) in [7, 11) is 0. The lowest BCUT2D eigenvalue weighted by molar-refractivity contribution is -0.411. The Balaban J connectivity index is 2.05. The Bertz CT molecular complexity index is 998. The molecule has 0 aliphatic heterocycles. The molecule has 2 aromatic rings. The maximum atomic E-state index is 13.5. The molecule has 0 aromatic heterocycles. The number of imide groups is 1. The van der Waals surface area contributed by atoms with E-state index in [1.165, 1.54) is 0 Å². The number of hydrogen-bond acceptors (Lipinski definition) is 4. The summed E-state index contributed by atoms with van der Waals surface area (Å²) in [6.07, 6.45) is -15.0. The van der Waals surface area contributed by atoms with Crippen LogP contribution < -0.4 is 15.4 Å². The normalized spacial score (nSPS) is 12.8. The molecule has 0 radical (unpaired) electrons. The van der Waals surface area contributed by atoms with E-state index >= 15 is 0 Å². The number of nitrogens with one attached hydrogen (secondary N) is 2. The van der Waals surface area contributed by atoms with Gasteiger partial charge in [0.15, 0.2) is 0 Å². The van der Waals surface area contributed by atoms with Gasteiger partial charge >= 0.3 is 24.9 Å². The molecule has 0 aliphatic carbocycles. The molecule has 0 spiro atoms. The number of hydrogen-bond donors (Lipinski definition) is 2. The van der Waals surface area contributed by atoms with Crippen LogP contribution in [0.1, 0.15) is 10.4 Å². The minimum Gasteiger partial charge on any atom is -0.428 e. The molecule has 0 heterocycles. The maximum Gasteiger partial charge on any atom is 0.525 e. The molecule has 0 saturated carbocycles. The third-order valence-corrected chi connectivity index (χ3v) is 3.67. The van der Waals surface area contributed by atoms with E-state index in [0.29, 0.717) is 12.1 Å². The first-order chi connectivity index (χ1) is 14.7. The molecule has 0 aliphatic rings. The number of alkyl halides is 6. The first kappa shape index (κ1) is 25.1. The van der Waals surface area contributed by atoms with Crippen LogP contribution >= 0.6 is 11.6 Å². The molecule has 6 nitrogen and oxygen atoms in total. The Morgan fingerprint density at radius 3 is 2.12 bits per heavy atom. The van der Waals surface area contributed by atoms with Crippen molar-refractivity contribution in [1.29, 1.82) is 0 Å². The number of carbonyl (C=O) groups is 2. The van der Waals surface area contributed by atoms with E-state index in [0.717, 1.165) is 24.3 Å². The average molecular weight is 493 g/mol. The second kappa shape index (κ2) is 9.56. The highest BCUT2D eigenvalue weighted by Gasteiger charge is 2.50. The minimum absolute atomic E-state index is 0.343. The largest absolute Gasteiger partial charge is 0.525 e. The Morgan fingerprint density at radius 1 is 1.00 bits per heavy atom. The van der Waals surface area contributed by atoms with Crippen LogP contribution in [-0.2, 0) is 4.74 Å². The zero-order chi connectivity index (χ0) is 24.3. The molecule has 3 amide bonds. The van der Waals surface area contributed by atoms with Crippen molar-refractivity contribution in [3.05, 3.63) is 58.6 Å². The third kappa shape index (κ3) is 6.68. The highest BCUT2D eigenvalue weighted by Crippen LogP contribution is 2.34. The van der Waals surface area contributed by atoms with Gasteiger partial charge in [-0.1, -0.05) is 17.7 Å². The Morgan fingerprint density at radius 2 is 1.59 bits per heavy atom. The molecule has 0 fully saturated rings. The summed E-state index contributed by atoms with van der Waals surface area (Å²) in [5, 5.41) is 3.01. The predicted octanol–water partition coefficient (Wildman–Crippen LogP) is 5.38. The summed E-state index contributed by atoms with van der Waals surface area (Å²) in [6.45, 7) is 0. The smallest absolute Gasteiger partial charge is 0.428 e. The number of amides is 3. The molecule has 174 valence electrons. The lowest BCUT2D eigenvalue weighted by atomic mass is 10.2. The summed E-state index contributed by atoms with van der Waals surface area (Å²) in [6, 6.07) is 3.22. The van der Waals surface area contributed by atoms with E-state index in [1.54, 1.807) is 5.32 Å². The van der Waals surface area contributed by atoms with E-state index in [9.17, 15) is 44.7 Å². The lowest BCUT2D eigenvalue weighted by Crippen LogP contribution is -2.41. The van der Waals surface area contributed by atoms with E-state index in [-0.39, 0.29) is 5.69 Å². The van der Waals surface area contributed by atoms with Crippen molar-refractivity contribution in [1.82, 2.24) is 5.32 Å². The van der Waals surface area contributed by atoms with Crippen LogP contribution in [0.2, 0.25) is 5.02 Å².